The number of hydrogen-bond donors (Lipinski definition) is 2. The predicted molar refractivity (Wildman–Crippen MR) is 71.4 cm³/mol. The maximum atomic E-state index is 11.9. The van der Waals surface area contributed by atoms with Crippen molar-refractivity contribution >= 4 is 22.8 Å². The Morgan fingerprint density at radius 2 is 1.79 bits per heavy atom. The number of hydrogen-bond acceptors (Lipinski definition) is 3. The molecule has 6 nitrogen and oxygen atoms in total. The number of rotatable bonds is 3. The van der Waals surface area contributed by atoms with Crippen molar-refractivity contribution in [2.75, 3.05) is 31.1 Å². The van der Waals surface area contributed by atoms with E-state index in [1.165, 1.54) is 0 Å². The summed E-state index contributed by atoms with van der Waals surface area (Å²) >= 11 is 0. The van der Waals surface area contributed by atoms with Crippen molar-refractivity contribution in [2.24, 2.45) is 5.41 Å². The van der Waals surface area contributed by atoms with Crippen LogP contribution in [-0.4, -0.2) is 57.4 Å². The first-order valence-electron chi connectivity index (χ1n) is 6.65. The van der Waals surface area contributed by atoms with Gasteiger partial charge >= 0.3 is 12.0 Å². The summed E-state index contributed by atoms with van der Waals surface area (Å²) < 4.78 is 11.2. The van der Waals surface area contributed by atoms with Crippen LogP contribution in [0.4, 0.5) is 4.79 Å². The lowest BCUT2D eigenvalue weighted by Crippen LogP contribution is -2.50. The van der Waals surface area contributed by atoms with Crippen LogP contribution >= 0.6 is 0 Å². The zero-order valence-corrected chi connectivity index (χ0v) is 11.7. The van der Waals surface area contributed by atoms with Crippen molar-refractivity contribution in [3.63, 3.8) is 0 Å². The lowest BCUT2D eigenvalue weighted by atomic mass is 9.86. The summed E-state index contributed by atoms with van der Waals surface area (Å²) in [6.45, 7) is 1.16. The first-order chi connectivity index (χ1) is 9.03. The first kappa shape index (κ1) is 14.3. The van der Waals surface area contributed by atoms with Crippen LogP contribution in [-0.2, 0) is 15.6 Å². The van der Waals surface area contributed by atoms with Crippen LogP contribution in [0.15, 0.2) is 0 Å². The first-order valence-corrected chi connectivity index (χ1v) is 8.13. The second kappa shape index (κ2) is 5.90. The Hall–Kier alpha value is -1.11. The molecule has 0 aromatic carbocycles. The SMILES string of the molecule is O=C(NCC1(C(=O)O)CCCC1)N1CCS(=O)CC1. The van der Waals surface area contributed by atoms with Gasteiger partial charge in [0.05, 0.1) is 5.41 Å². The van der Waals surface area contributed by atoms with Gasteiger partial charge in [0.2, 0.25) is 0 Å². The normalized spacial score (nSPS) is 23.3. The Kier molecular flexibility index (Phi) is 4.44. The number of nitrogens with one attached hydrogen (secondary N) is 1. The summed E-state index contributed by atoms with van der Waals surface area (Å²) in [6, 6.07) is -0.232. The van der Waals surface area contributed by atoms with Crippen molar-refractivity contribution in [1.82, 2.24) is 10.2 Å². The van der Waals surface area contributed by atoms with Crippen molar-refractivity contribution in [3.8, 4) is 0 Å². The molecule has 1 saturated heterocycles. The van der Waals surface area contributed by atoms with Crippen LogP contribution in [0.25, 0.3) is 0 Å². The predicted octanol–water partition coefficient (Wildman–Crippen LogP) is 0.405. The van der Waals surface area contributed by atoms with Crippen molar-refractivity contribution in [2.45, 2.75) is 25.7 Å². The number of nitrogens with zero attached hydrogens (tertiary/aromatic N) is 1. The molecule has 0 atom stereocenters. The average molecular weight is 288 g/mol. The highest BCUT2D eigenvalue weighted by atomic mass is 32.2. The number of carbonyl (C=O) groups excluding carboxylic acids is 1. The lowest BCUT2D eigenvalue weighted by Gasteiger charge is -2.29. The fourth-order valence-electron chi connectivity index (χ4n) is 2.72. The van der Waals surface area contributed by atoms with Gasteiger partial charge in [-0.25, -0.2) is 4.79 Å². The van der Waals surface area contributed by atoms with Gasteiger partial charge in [-0.15, -0.1) is 0 Å². The molecule has 19 heavy (non-hydrogen) atoms. The highest BCUT2D eigenvalue weighted by molar-refractivity contribution is 7.85. The van der Waals surface area contributed by atoms with Crippen LogP contribution in [0.5, 0.6) is 0 Å². The maximum Gasteiger partial charge on any atom is 0.317 e. The molecule has 0 aromatic rings. The topological polar surface area (TPSA) is 86.7 Å². The highest BCUT2D eigenvalue weighted by Gasteiger charge is 2.41. The Morgan fingerprint density at radius 1 is 1.21 bits per heavy atom. The molecule has 2 fully saturated rings. The van der Waals surface area contributed by atoms with Crippen molar-refractivity contribution in [3.05, 3.63) is 0 Å². The van der Waals surface area contributed by atoms with E-state index in [2.05, 4.69) is 5.32 Å². The number of carboxylic acids is 1. The summed E-state index contributed by atoms with van der Waals surface area (Å²) in [5, 5.41) is 12.1. The molecule has 0 aromatic heterocycles. The second-order valence-corrected chi connectivity index (χ2v) is 6.98. The highest BCUT2D eigenvalue weighted by Crippen LogP contribution is 2.37. The van der Waals surface area contributed by atoms with Crippen LogP contribution in [0.1, 0.15) is 25.7 Å². The molecule has 108 valence electrons. The van der Waals surface area contributed by atoms with Gasteiger partial charge in [-0.1, -0.05) is 12.8 Å². The van der Waals surface area contributed by atoms with E-state index in [1.807, 2.05) is 0 Å². The van der Waals surface area contributed by atoms with Gasteiger partial charge < -0.3 is 15.3 Å². The molecular formula is C12H20N2O4S. The van der Waals surface area contributed by atoms with Crippen LogP contribution < -0.4 is 5.32 Å². The summed E-state index contributed by atoms with van der Waals surface area (Å²) in [5.41, 5.74) is -0.783. The standard InChI is InChI=1S/C12H20N2O4S/c15-10(16)12(3-1-2-4-12)9-13-11(17)14-5-7-19(18)8-6-14/h1-9H2,(H,13,17)(H,15,16). The number of amides is 2. The fraction of sp³-hybridized carbons (Fsp3) is 0.833. The van der Waals surface area contributed by atoms with E-state index in [-0.39, 0.29) is 12.6 Å². The molecule has 1 saturated carbocycles. The summed E-state index contributed by atoms with van der Waals surface area (Å²) in [6.07, 6.45) is 3.08. The Balaban J connectivity index is 1.85. The molecule has 7 heteroatoms. The molecule has 1 aliphatic heterocycles. The van der Waals surface area contributed by atoms with E-state index in [4.69, 9.17) is 0 Å². The third-order valence-electron chi connectivity index (χ3n) is 4.06. The smallest absolute Gasteiger partial charge is 0.317 e. The van der Waals surface area contributed by atoms with Gasteiger partial charge in [-0.2, -0.15) is 0 Å². The molecule has 0 radical (unpaired) electrons. The van der Waals surface area contributed by atoms with Gasteiger partial charge in [-0.05, 0) is 12.8 Å². The summed E-state index contributed by atoms with van der Waals surface area (Å²) in [4.78, 5) is 24.9. The average Bonchev–Trinajstić information content (AvgIpc) is 2.87. The quantitative estimate of drug-likeness (QED) is 0.787. The van der Waals surface area contributed by atoms with Gasteiger partial charge in [0.25, 0.3) is 0 Å². The van der Waals surface area contributed by atoms with Crippen LogP contribution in [0.2, 0.25) is 0 Å². The monoisotopic (exact) mass is 288 g/mol. The number of carboxylic acid groups (broad SMARTS) is 1. The van der Waals surface area contributed by atoms with E-state index in [9.17, 15) is 18.9 Å². The van der Waals surface area contributed by atoms with Crippen LogP contribution in [0, 0.1) is 5.41 Å². The Morgan fingerprint density at radius 3 is 2.32 bits per heavy atom. The molecule has 0 unspecified atom stereocenters. The maximum absolute atomic E-state index is 11.9. The zero-order valence-electron chi connectivity index (χ0n) is 10.9. The lowest BCUT2D eigenvalue weighted by molar-refractivity contribution is -0.148. The minimum absolute atomic E-state index is 0.195. The van der Waals surface area contributed by atoms with Gasteiger partial charge in [0.1, 0.15) is 0 Å². The molecule has 2 aliphatic rings. The summed E-state index contributed by atoms with van der Waals surface area (Å²) in [5.74, 6) is 0.208. The molecule has 0 spiro atoms. The Bertz CT molecular complexity index is 383. The largest absolute Gasteiger partial charge is 0.481 e. The van der Waals surface area contributed by atoms with Crippen LogP contribution in [0.3, 0.4) is 0 Å². The molecular weight excluding hydrogens is 268 g/mol. The number of carbonyl (C=O) groups is 2. The molecule has 2 N–H and O–H groups in total. The van der Waals surface area contributed by atoms with E-state index in [1.54, 1.807) is 4.90 Å². The van der Waals surface area contributed by atoms with Gasteiger partial charge in [-0.3, -0.25) is 9.00 Å². The zero-order chi connectivity index (χ0) is 13.9. The number of urea groups is 1. The van der Waals surface area contributed by atoms with Crippen molar-refractivity contribution < 1.29 is 18.9 Å². The van der Waals surface area contributed by atoms with E-state index >= 15 is 0 Å². The third-order valence-corrected chi connectivity index (χ3v) is 5.33. The van der Waals surface area contributed by atoms with E-state index in [0.29, 0.717) is 37.4 Å². The molecule has 0 bridgehead atoms. The van der Waals surface area contributed by atoms with Gasteiger partial charge in [0, 0.05) is 41.9 Å². The summed E-state index contributed by atoms with van der Waals surface area (Å²) in [7, 11) is -0.815. The van der Waals surface area contributed by atoms with E-state index in [0.717, 1.165) is 12.8 Å². The molecule has 1 heterocycles. The molecule has 1 aliphatic carbocycles. The second-order valence-electron chi connectivity index (χ2n) is 5.29. The fourth-order valence-corrected chi connectivity index (χ4v) is 3.77. The molecule has 2 amide bonds. The molecule has 2 rings (SSSR count). The minimum atomic E-state index is -0.815. The number of aliphatic carboxylic acids is 1. The van der Waals surface area contributed by atoms with E-state index < -0.39 is 22.2 Å². The van der Waals surface area contributed by atoms with Gasteiger partial charge in [0.15, 0.2) is 0 Å². The Labute approximate surface area is 115 Å². The third kappa shape index (κ3) is 3.26. The van der Waals surface area contributed by atoms with Crippen molar-refractivity contribution in [1.29, 1.82) is 0 Å². The minimum Gasteiger partial charge on any atom is -0.481 e.